The van der Waals surface area contributed by atoms with Crippen LogP contribution in [0.5, 0.6) is 11.5 Å². The van der Waals surface area contributed by atoms with Crippen molar-refractivity contribution >= 4 is 11.9 Å². The molecule has 1 amide bonds. The third-order valence-electron chi connectivity index (χ3n) is 3.45. The molecule has 1 N–H and O–H groups in total. The van der Waals surface area contributed by atoms with E-state index in [0.29, 0.717) is 30.6 Å². The van der Waals surface area contributed by atoms with Crippen molar-refractivity contribution in [1.29, 1.82) is 0 Å². The molecule has 132 valence electrons. The fraction of sp³-hybridized carbons (Fsp3) is 0.529. The van der Waals surface area contributed by atoms with E-state index >= 15 is 0 Å². The lowest BCUT2D eigenvalue weighted by atomic mass is 10.2. The Bertz CT molecular complexity index is 574. The van der Waals surface area contributed by atoms with Crippen LogP contribution in [0, 0.1) is 5.92 Å². The van der Waals surface area contributed by atoms with Crippen molar-refractivity contribution in [2.45, 2.75) is 20.0 Å². The number of carbonyl (C=O) groups is 2. The van der Waals surface area contributed by atoms with E-state index in [2.05, 4.69) is 13.8 Å². The zero-order chi connectivity index (χ0) is 17.5. The van der Waals surface area contributed by atoms with Crippen molar-refractivity contribution in [3.8, 4) is 11.5 Å². The highest BCUT2D eigenvalue weighted by atomic mass is 16.5. The molecule has 0 aromatic heterocycles. The molecule has 0 spiro atoms. The molecule has 1 aromatic carbocycles. The predicted molar refractivity (Wildman–Crippen MR) is 86.2 cm³/mol. The maximum Gasteiger partial charge on any atom is 0.334 e. The summed E-state index contributed by atoms with van der Waals surface area (Å²) in [5, 5.41) is 8.96. The number of amides is 1. The fourth-order valence-electron chi connectivity index (χ4n) is 2.18. The molecule has 7 nitrogen and oxygen atoms in total. The zero-order valence-corrected chi connectivity index (χ0v) is 13.9. The number of nitrogens with zero attached hydrogens (tertiary/aromatic N) is 1. The summed E-state index contributed by atoms with van der Waals surface area (Å²) in [5.74, 6) is 0.305. The van der Waals surface area contributed by atoms with Crippen LogP contribution >= 0.6 is 0 Å². The molecule has 1 aliphatic rings. The van der Waals surface area contributed by atoms with Gasteiger partial charge in [-0.1, -0.05) is 19.9 Å². The maximum atomic E-state index is 12.2. The van der Waals surface area contributed by atoms with Gasteiger partial charge in [0.05, 0.1) is 19.8 Å². The molecule has 0 aliphatic carbocycles. The Balaban J connectivity index is 1.85. The molecule has 1 fully saturated rings. The number of rotatable bonds is 7. The zero-order valence-electron chi connectivity index (χ0n) is 13.9. The van der Waals surface area contributed by atoms with E-state index in [0.717, 1.165) is 0 Å². The van der Waals surface area contributed by atoms with E-state index in [9.17, 15) is 9.59 Å². The standard InChI is InChI=1S/C17H23NO6/c1-12(2)10-23-13-4-3-5-14(8-13)24-11-16(19)18-6-7-22-15(9-18)17(20)21/h3-5,8,12,15H,6-7,9-11H2,1-2H3,(H,20,21). The number of ether oxygens (including phenoxy) is 3. The minimum Gasteiger partial charge on any atom is -0.493 e. The van der Waals surface area contributed by atoms with Crippen molar-refractivity contribution in [3.05, 3.63) is 24.3 Å². The first-order valence-corrected chi connectivity index (χ1v) is 7.93. The van der Waals surface area contributed by atoms with Crippen LogP contribution in [0.4, 0.5) is 0 Å². The molecule has 24 heavy (non-hydrogen) atoms. The third-order valence-corrected chi connectivity index (χ3v) is 3.45. The van der Waals surface area contributed by atoms with Crippen LogP contribution in [0.25, 0.3) is 0 Å². The van der Waals surface area contributed by atoms with Crippen LogP contribution in [-0.4, -0.2) is 60.9 Å². The molecule has 0 saturated carbocycles. The summed E-state index contributed by atoms with van der Waals surface area (Å²) in [5.41, 5.74) is 0. The number of benzene rings is 1. The molecule has 1 atom stereocenters. The molecule has 1 aromatic rings. The summed E-state index contributed by atoms with van der Waals surface area (Å²) in [7, 11) is 0. The van der Waals surface area contributed by atoms with E-state index < -0.39 is 12.1 Å². The minimum atomic E-state index is -1.07. The van der Waals surface area contributed by atoms with Crippen molar-refractivity contribution in [2.24, 2.45) is 5.92 Å². The van der Waals surface area contributed by atoms with Gasteiger partial charge < -0.3 is 24.2 Å². The molecular weight excluding hydrogens is 314 g/mol. The van der Waals surface area contributed by atoms with Crippen molar-refractivity contribution < 1.29 is 28.9 Å². The molecule has 0 bridgehead atoms. The monoisotopic (exact) mass is 337 g/mol. The summed E-state index contributed by atoms with van der Waals surface area (Å²) in [4.78, 5) is 24.5. The molecule has 0 radical (unpaired) electrons. The lowest BCUT2D eigenvalue weighted by Gasteiger charge is -2.30. The Morgan fingerprint density at radius 1 is 1.33 bits per heavy atom. The summed E-state index contributed by atoms with van der Waals surface area (Å²) < 4.78 is 16.2. The van der Waals surface area contributed by atoms with Crippen molar-refractivity contribution in [1.82, 2.24) is 4.90 Å². The Labute approximate surface area is 141 Å². The highest BCUT2D eigenvalue weighted by molar-refractivity contribution is 5.79. The van der Waals surface area contributed by atoms with Gasteiger partial charge in [-0.25, -0.2) is 4.79 Å². The quantitative estimate of drug-likeness (QED) is 0.810. The van der Waals surface area contributed by atoms with Gasteiger partial charge in [-0.15, -0.1) is 0 Å². The number of carbonyl (C=O) groups excluding carboxylic acids is 1. The summed E-state index contributed by atoms with van der Waals surface area (Å²) in [6.45, 7) is 5.18. The van der Waals surface area contributed by atoms with Gasteiger partial charge in [0.15, 0.2) is 12.7 Å². The van der Waals surface area contributed by atoms with Gasteiger partial charge in [0.2, 0.25) is 0 Å². The SMILES string of the molecule is CC(C)COc1cccc(OCC(=O)N2CCOC(C(=O)O)C2)c1. The topological polar surface area (TPSA) is 85.3 Å². The highest BCUT2D eigenvalue weighted by Gasteiger charge is 2.29. The summed E-state index contributed by atoms with van der Waals surface area (Å²) in [6, 6.07) is 7.10. The van der Waals surface area contributed by atoms with E-state index in [-0.39, 0.29) is 25.7 Å². The Morgan fingerprint density at radius 2 is 2.04 bits per heavy atom. The number of hydrogen-bond acceptors (Lipinski definition) is 5. The van der Waals surface area contributed by atoms with E-state index in [1.165, 1.54) is 4.90 Å². The van der Waals surface area contributed by atoms with Crippen LogP contribution < -0.4 is 9.47 Å². The minimum absolute atomic E-state index is 0.0368. The van der Waals surface area contributed by atoms with Crippen LogP contribution in [0.1, 0.15) is 13.8 Å². The molecule has 1 saturated heterocycles. The molecule has 1 unspecified atom stereocenters. The van der Waals surface area contributed by atoms with Crippen molar-refractivity contribution in [2.75, 3.05) is 32.9 Å². The number of aliphatic carboxylic acids is 1. The second-order valence-corrected chi connectivity index (χ2v) is 6.01. The second kappa shape index (κ2) is 8.54. The molecule has 7 heteroatoms. The van der Waals surface area contributed by atoms with E-state index in [4.69, 9.17) is 19.3 Å². The van der Waals surface area contributed by atoms with Crippen LogP contribution in [0.15, 0.2) is 24.3 Å². The van der Waals surface area contributed by atoms with Gasteiger partial charge in [-0.2, -0.15) is 0 Å². The summed E-state index contributed by atoms with van der Waals surface area (Å²) >= 11 is 0. The van der Waals surface area contributed by atoms with Gasteiger partial charge in [0.1, 0.15) is 11.5 Å². The first kappa shape index (κ1) is 18.1. The largest absolute Gasteiger partial charge is 0.493 e. The number of morpholine rings is 1. The number of carboxylic acid groups (broad SMARTS) is 1. The smallest absolute Gasteiger partial charge is 0.334 e. The maximum absolute atomic E-state index is 12.2. The Kier molecular flexibility index (Phi) is 6.43. The average Bonchev–Trinajstić information content (AvgIpc) is 2.58. The van der Waals surface area contributed by atoms with E-state index in [1.807, 2.05) is 6.07 Å². The van der Waals surface area contributed by atoms with Gasteiger partial charge in [0, 0.05) is 12.6 Å². The summed E-state index contributed by atoms with van der Waals surface area (Å²) in [6.07, 6.45) is -0.976. The Hall–Kier alpha value is -2.28. The van der Waals surface area contributed by atoms with Gasteiger partial charge in [-0.3, -0.25) is 4.79 Å². The molecular formula is C17H23NO6. The van der Waals surface area contributed by atoms with E-state index in [1.54, 1.807) is 18.2 Å². The van der Waals surface area contributed by atoms with Crippen molar-refractivity contribution in [3.63, 3.8) is 0 Å². The third kappa shape index (κ3) is 5.42. The highest BCUT2D eigenvalue weighted by Crippen LogP contribution is 2.20. The molecule has 1 heterocycles. The van der Waals surface area contributed by atoms with Gasteiger partial charge >= 0.3 is 5.97 Å². The number of hydrogen-bond donors (Lipinski definition) is 1. The fourth-order valence-corrected chi connectivity index (χ4v) is 2.18. The first-order valence-electron chi connectivity index (χ1n) is 7.93. The van der Waals surface area contributed by atoms with Crippen LogP contribution in [0.2, 0.25) is 0 Å². The predicted octanol–water partition coefficient (Wildman–Crippen LogP) is 1.41. The second-order valence-electron chi connectivity index (χ2n) is 6.01. The van der Waals surface area contributed by atoms with Gasteiger partial charge in [0.25, 0.3) is 5.91 Å². The molecule has 2 rings (SSSR count). The van der Waals surface area contributed by atoms with Crippen LogP contribution in [-0.2, 0) is 14.3 Å². The van der Waals surface area contributed by atoms with Crippen LogP contribution in [0.3, 0.4) is 0 Å². The lowest BCUT2D eigenvalue weighted by molar-refractivity contribution is -0.159. The van der Waals surface area contributed by atoms with Gasteiger partial charge in [-0.05, 0) is 18.1 Å². The Morgan fingerprint density at radius 3 is 2.71 bits per heavy atom. The first-order chi connectivity index (χ1) is 11.5. The molecule has 1 aliphatic heterocycles. The number of carboxylic acids is 1. The lowest BCUT2D eigenvalue weighted by Crippen LogP contribution is -2.49. The normalized spacial score (nSPS) is 17.6. The average molecular weight is 337 g/mol.